The first-order valence-electron chi connectivity index (χ1n) is 10.2. The van der Waals surface area contributed by atoms with Crippen molar-refractivity contribution in [2.45, 2.75) is 46.0 Å². The van der Waals surface area contributed by atoms with Crippen LogP contribution in [0.1, 0.15) is 46.0 Å². The molecule has 0 aliphatic carbocycles. The molecule has 0 aliphatic rings. The second-order valence-electron chi connectivity index (χ2n) is 7.99. The Bertz CT molecular complexity index is 599. The first-order chi connectivity index (χ1) is 13.5. The van der Waals surface area contributed by atoms with Crippen molar-refractivity contribution < 1.29 is 24.0 Å². The lowest BCUT2D eigenvalue weighted by Gasteiger charge is -2.32. The SMILES string of the molecule is C=C(C[N+](C)(C)CCCN(CCC)C(=O)C(C)=CNC(=O)CCCCN)C(=O)[O-]. The Morgan fingerprint density at radius 1 is 1.17 bits per heavy atom. The Labute approximate surface area is 175 Å². The van der Waals surface area contributed by atoms with E-state index in [2.05, 4.69) is 11.9 Å². The highest BCUT2D eigenvalue weighted by Crippen LogP contribution is 2.08. The predicted molar refractivity (Wildman–Crippen MR) is 112 cm³/mol. The Morgan fingerprint density at radius 3 is 2.38 bits per heavy atom. The molecule has 3 N–H and O–H groups in total. The summed E-state index contributed by atoms with van der Waals surface area (Å²) in [6.07, 6.45) is 4.92. The van der Waals surface area contributed by atoms with E-state index in [1.807, 2.05) is 21.0 Å². The van der Waals surface area contributed by atoms with Gasteiger partial charge in [0.25, 0.3) is 5.91 Å². The molecule has 29 heavy (non-hydrogen) atoms. The lowest BCUT2D eigenvalue weighted by atomic mass is 10.2. The molecule has 0 fully saturated rings. The summed E-state index contributed by atoms with van der Waals surface area (Å²) in [5.74, 6) is -1.47. The Kier molecular flexibility index (Phi) is 12.8. The number of nitrogens with zero attached hydrogens (tertiary/aromatic N) is 2. The average Bonchev–Trinajstić information content (AvgIpc) is 2.64. The number of hydrogen-bond donors (Lipinski definition) is 2. The predicted octanol–water partition coefficient (Wildman–Crippen LogP) is 0.147. The van der Waals surface area contributed by atoms with Crippen LogP contribution < -0.4 is 16.2 Å². The number of carbonyl (C=O) groups excluding carboxylic acids is 3. The fourth-order valence-corrected chi connectivity index (χ4v) is 2.94. The van der Waals surface area contributed by atoms with Crippen LogP contribution in [-0.2, 0) is 14.4 Å². The highest BCUT2D eigenvalue weighted by Gasteiger charge is 2.20. The van der Waals surface area contributed by atoms with E-state index in [-0.39, 0.29) is 17.4 Å². The number of aliphatic carboxylic acids is 1. The summed E-state index contributed by atoms with van der Waals surface area (Å²) in [6, 6.07) is 0. The monoisotopic (exact) mass is 410 g/mol. The van der Waals surface area contributed by atoms with Crippen LogP contribution in [0, 0.1) is 0 Å². The number of carbonyl (C=O) groups is 3. The summed E-state index contributed by atoms with van der Waals surface area (Å²) in [6.45, 7) is 9.94. The van der Waals surface area contributed by atoms with Crippen molar-refractivity contribution in [2.75, 3.05) is 46.8 Å². The van der Waals surface area contributed by atoms with E-state index in [1.54, 1.807) is 11.8 Å². The van der Waals surface area contributed by atoms with Crippen molar-refractivity contribution in [3.63, 3.8) is 0 Å². The molecule has 8 heteroatoms. The molecule has 0 rings (SSSR count). The molecule has 0 radical (unpaired) electrons. The third-order valence-corrected chi connectivity index (χ3v) is 4.52. The van der Waals surface area contributed by atoms with Crippen LogP contribution in [0.15, 0.2) is 23.9 Å². The molecular formula is C21H38N4O4. The number of rotatable bonds is 15. The van der Waals surface area contributed by atoms with Gasteiger partial charge in [-0.1, -0.05) is 13.5 Å². The third-order valence-electron chi connectivity index (χ3n) is 4.52. The van der Waals surface area contributed by atoms with Crippen molar-refractivity contribution in [2.24, 2.45) is 5.73 Å². The van der Waals surface area contributed by atoms with Gasteiger partial charge in [0.15, 0.2) is 0 Å². The van der Waals surface area contributed by atoms with Gasteiger partial charge in [-0.3, -0.25) is 9.59 Å². The van der Waals surface area contributed by atoms with Crippen LogP contribution in [-0.4, -0.2) is 74.0 Å². The second kappa shape index (κ2) is 13.9. The fourth-order valence-electron chi connectivity index (χ4n) is 2.94. The second-order valence-corrected chi connectivity index (χ2v) is 7.99. The molecule has 0 aromatic heterocycles. The first kappa shape index (κ1) is 26.8. The number of quaternary nitrogens is 1. The molecule has 2 amide bonds. The van der Waals surface area contributed by atoms with E-state index < -0.39 is 5.97 Å². The summed E-state index contributed by atoms with van der Waals surface area (Å²) in [5, 5.41) is 13.5. The van der Waals surface area contributed by atoms with E-state index in [9.17, 15) is 19.5 Å². The molecule has 0 aromatic carbocycles. The maximum atomic E-state index is 12.7. The number of unbranched alkanes of at least 4 members (excludes halogenated alkanes) is 1. The van der Waals surface area contributed by atoms with Gasteiger partial charge in [-0.25, -0.2) is 0 Å². The molecule has 0 bridgehead atoms. The van der Waals surface area contributed by atoms with Gasteiger partial charge < -0.3 is 30.3 Å². The smallest absolute Gasteiger partial charge is 0.250 e. The summed E-state index contributed by atoms with van der Waals surface area (Å²) >= 11 is 0. The maximum absolute atomic E-state index is 12.7. The fraction of sp³-hybridized carbons (Fsp3) is 0.667. The van der Waals surface area contributed by atoms with Gasteiger partial charge in [0.2, 0.25) is 5.91 Å². The molecule has 0 aromatic rings. The first-order valence-corrected chi connectivity index (χ1v) is 10.2. The number of carboxylic acids is 1. The quantitative estimate of drug-likeness (QED) is 0.226. The van der Waals surface area contributed by atoms with Crippen LogP contribution >= 0.6 is 0 Å². The molecule has 0 aliphatic heterocycles. The molecule has 0 heterocycles. The van der Waals surface area contributed by atoms with E-state index in [0.717, 1.165) is 25.7 Å². The lowest BCUT2D eigenvalue weighted by Crippen LogP contribution is -2.46. The van der Waals surface area contributed by atoms with Gasteiger partial charge in [-0.15, -0.1) is 0 Å². The Morgan fingerprint density at radius 2 is 1.83 bits per heavy atom. The van der Waals surface area contributed by atoms with Crippen LogP contribution in [0.5, 0.6) is 0 Å². The number of amides is 2. The highest BCUT2D eigenvalue weighted by molar-refractivity contribution is 5.93. The minimum absolute atomic E-state index is 0.0671. The topological polar surface area (TPSA) is 116 Å². The van der Waals surface area contributed by atoms with E-state index in [0.29, 0.717) is 49.2 Å². The molecule has 8 nitrogen and oxygen atoms in total. The van der Waals surface area contributed by atoms with Gasteiger partial charge >= 0.3 is 0 Å². The van der Waals surface area contributed by atoms with Crippen LogP contribution in [0.4, 0.5) is 0 Å². The molecule has 0 spiro atoms. The Hall–Kier alpha value is -2.19. The minimum Gasteiger partial charge on any atom is -0.545 e. The molecule has 0 saturated carbocycles. The van der Waals surface area contributed by atoms with Gasteiger partial charge in [0.1, 0.15) is 6.54 Å². The van der Waals surface area contributed by atoms with E-state index >= 15 is 0 Å². The number of hydrogen-bond acceptors (Lipinski definition) is 5. The molecular weight excluding hydrogens is 372 g/mol. The summed E-state index contributed by atoms with van der Waals surface area (Å²) < 4.78 is 0.453. The minimum atomic E-state index is -1.23. The van der Waals surface area contributed by atoms with Crippen molar-refractivity contribution >= 4 is 17.8 Å². The third kappa shape index (κ3) is 12.1. The lowest BCUT2D eigenvalue weighted by molar-refractivity contribution is -0.885. The van der Waals surface area contributed by atoms with Crippen molar-refractivity contribution in [1.29, 1.82) is 0 Å². The Balaban J connectivity index is 4.68. The zero-order chi connectivity index (χ0) is 22.4. The van der Waals surface area contributed by atoms with Crippen molar-refractivity contribution in [3.8, 4) is 0 Å². The molecule has 0 atom stereocenters. The van der Waals surface area contributed by atoms with Gasteiger partial charge in [-0.2, -0.15) is 0 Å². The zero-order valence-corrected chi connectivity index (χ0v) is 18.5. The van der Waals surface area contributed by atoms with Gasteiger partial charge in [0, 0.05) is 43.3 Å². The number of nitrogens with one attached hydrogen (secondary N) is 1. The van der Waals surface area contributed by atoms with Crippen LogP contribution in [0.25, 0.3) is 0 Å². The largest absolute Gasteiger partial charge is 0.545 e. The average molecular weight is 411 g/mol. The summed E-state index contributed by atoms with van der Waals surface area (Å²) in [5.41, 5.74) is 5.96. The summed E-state index contributed by atoms with van der Waals surface area (Å²) in [7, 11) is 3.84. The van der Waals surface area contributed by atoms with Gasteiger partial charge in [-0.05, 0) is 32.7 Å². The van der Waals surface area contributed by atoms with Gasteiger partial charge in [0.05, 0.1) is 26.6 Å². The normalized spacial score (nSPS) is 11.8. The maximum Gasteiger partial charge on any atom is 0.250 e. The molecule has 0 saturated heterocycles. The number of carboxylic acid groups (broad SMARTS) is 1. The zero-order valence-electron chi connectivity index (χ0n) is 18.5. The van der Waals surface area contributed by atoms with Crippen molar-refractivity contribution in [1.82, 2.24) is 10.2 Å². The van der Waals surface area contributed by atoms with Crippen molar-refractivity contribution in [3.05, 3.63) is 23.9 Å². The molecule has 166 valence electrons. The molecule has 0 unspecified atom stereocenters. The van der Waals surface area contributed by atoms with Crippen LogP contribution in [0.2, 0.25) is 0 Å². The van der Waals surface area contributed by atoms with E-state index in [4.69, 9.17) is 5.73 Å². The standard InChI is InChI=1S/C21H38N4O4/c1-6-12-24(13-9-14-25(4,5)16-18(3)21(28)29)20(27)17(2)15-23-19(26)10-7-8-11-22/h15H,3,6-14,16,22H2,1-2,4-5H3,(H-,23,26,27,28,29). The van der Waals surface area contributed by atoms with Crippen LogP contribution in [0.3, 0.4) is 0 Å². The summed E-state index contributed by atoms with van der Waals surface area (Å²) in [4.78, 5) is 37.1. The number of likely N-dealkylation sites (N-methyl/N-ethyl adjacent to an activating group) is 1. The number of nitrogens with two attached hydrogens (primary N) is 1. The highest BCUT2D eigenvalue weighted by atomic mass is 16.4. The van der Waals surface area contributed by atoms with E-state index in [1.165, 1.54) is 6.20 Å².